The van der Waals surface area contributed by atoms with Crippen LogP contribution in [0.25, 0.3) is 0 Å². The van der Waals surface area contributed by atoms with Crippen LogP contribution in [0.15, 0.2) is 24.3 Å². The van der Waals surface area contributed by atoms with E-state index in [1.54, 1.807) is 7.11 Å². The van der Waals surface area contributed by atoms with Crippen molar-refractivity contribution in [3.8, 4) is 5.75 Å². The summed E-state index contributed by atoms with van der Waals surface area (Å²) in [4.78, 5) is 2.54. The Morgan fingerprint density at radius 1 is 1.20 bits per heavy atom. The zero-order valence-corrected chi connectivity index (χ0v) is 13.2. The molecule has 0 aromatic heterocycles. The summed E-state index contributed by atoms with van der Waals surface area (Å²) < 4.78 is 5.57. The number of hydrogen-bond acceptors (Lipinski definition) is 3. The smallest absolute Gasteiger partial charge is 0.123 e. The average Bonchev–Trinajstić information content (AvgIpc) is 2.60. The van der Waals surface area contributed by atoms with Crippen LogP contribution in [-0.4, -0.2) is 30.1 Å². The summed E-state index contributed by atoms with van der Waals surface area (Å²) in [5.41, 5.74) is 7.85. The molecule has 0 saturated carbocycles. The third-order valence-electron chi connectivity index (χ3n) is 4.25. The Balaban J connectivity index is 2.45. The molecule has 2 unspecified atom stereocenters. The zero-order chi connectivity index (χ0) is 14.8. The summed E-state index contributed by atoms with van der Waals surface area (Å²) >= 11 is 0. The minimum Gasteiger partial charge on any atom is -0.496 e. The maximum Gasteiger partial charge on any atom is 0.123 e. The molecule has 1 aliphatic heterocycles. The van der Waals surface area contributed by atoms with Crippen LogP contribution in [-0.2, 0) is 0 Å². The second-order valence-electron chi connectivity index (χ2n) is 6.71. The average molecular weight is 276 g/mol. The Morgan fingerprint density at radius 2 is 1.90 bits per heavy atom. The summed E-state index contributed by atoms with van der Waals surface area (Å²) in [7, 11) is 1.74. The van der Waals surface area contributed by atoms with Crippen LogP contribution in [0, 0.1) is 0 Å². The molecular formula is C17H28N2O. The predicted octanol–water partition coefficient (Wildman–Crippen LogP) is 3.35. The fourth-order valence-corrected chi connectivity index (χ4v) is 3.25. The topological polar surface area (TPSA) is 38.5 Å². The molecule has 2 N–H and O–H groups in total. The first-order valence-electron chi connectivity index (χ1n) is 7.60. The predicted molar refractivity (Wildman–Crippen MR) is 84.0 cm³/mol. The van der Waals surface area contributed by atoms with Crippen molar-refractivity contribution in [2.24, 2.45) is 5.73 Å². The second kappa shape index (κ2) is 6.15. The molecule has 2 atom stereocenters. The van der Waals surface area contributed by atoms with Gasteiger partial charge in [-0.25, -0.2) is 0 Å². The molecule has 0 aliphatic carbocycles. The molecule has 0 bridgehead atoms. The van der Waals surface area contributed by atoms with Gasteiger partial charge in [-0.05, 0) is 46.2 Å². The maximum atomic E-state index is 6.52. The molecule has 0 spiro atoms. The van der Waals surface area contributed by atoms with Crippen molar-refractivity contribution in [2.75, 3.05) is 13.7 Å². The highest BCUT2D eigenvalue weighted by atomic mass is 16.5. The van der Waals surface area contributed by atoms with Crippen molar-refractivity contribution >= 4 is 0 Å². The van der Waals surface area contributed by atoms with Crippen LogP contribution in [0.4, 0.5) is 0 Å². The number of benzene rings is 1. The molecular weight excluding hydrogens is 248 g/mol. The SMILES string of the molecule is COc1ccccc1C1C(N)CCCCN1C(C)(C)C. The van der Waals surface area contributed by atoms with E-state index in [-0.39, 0.29) is 17.6 Å². The lowest BCUT2D eigenvalue weighted by Gasteiger charge is -2.43. The molecule has 20 heavy (non-hydrogen) atoms. The number of ether oxygens (including phenoxy) is 1. The molecule has 0 radical (unpaired) electrons. The maximum absolute atomic E-state index is 6.52. The normalized spacial score (nSPS) is 25.2. The summed E-state index contributed by atoms with van der Waals surface area (Å²) in [6.45, 7) is 7.91. The third-order valence-corrected chi connectivity index (χ3v) is 4.25. The molecule has 1 heterocycles. The first-order valence-corrected chi connectivity index (χ1v) is 7.60. The number of para-hydroxylation sites is 1. The largest absolute Gasteiger partial charge is 0.496 e. The van der Waals surface area contributed by atoms with E-state index in [2.05, 4.69) is 37.8 Å². The summed E-state index contributed by atoms with van der Waals surface area (Å²) in [6, 6.07) is 8.69. The highest BCUT2D eigenvalue weighted by Crippen LogP contribution is 2.38. The second-order valence-corrected chi connectivity index (χ2v) is 6.71. The van der Waals surface area contributed by atoms with Crippen LogP contribution in [0.1, 0.15) is 51.6 Å². The van der Waals surface area contributed by atoms with Gasteiger partial charge >= 0.3 is 0 Å². The highest BCUT2D eigenvalue weighted by Gasteiger charge is 2.36. The number of nitrogens with two attached hydrogens (primary N) is 1. The molecule has 2 rings (SSSR count). The van der Waals surface area contributed by atoms with Crippen LogP contribution < -0.4 is 10.5 Å². The molecule has 1 aromatic carbocycles. The Labute approximate surface area is 123 Å². The van der Waals surface area contributed by atoms with Gasteiger partial charge in [0, 0.05) is 17.1 Å². The lowest BCUT2D eigenvalue weighted by molar-refractivity contribution is 0.0741. The fourth-order valence-electron chi connectivity index (χ4n) is 3.25. The van der Waals surface area contributed by atoms with E-state index in [0.717, 1.165) is 18.7 Å². The lowest BCUT2D eigenvalue weighted by atomic mass is 9.92. The minimum atomic E-state index is 0.105. The van der Waals surface area contributed by atoms with E-state index in [0.29, 0.717) is 0 Å². The van der Waals surface area contributed by atoms with E-state index in [4.69, 9.17) is 10.5 Å². The van der Waals surface area contributed by atoms with Gasteiger partial charge in [-0.2, -0.15) is 0 Å². The number of methoxy groups -OCH3 is 1. The van der Waals surface area contributed by atoms with E-state index in [9.17, 15) is 0 Å². The molecule has 3 heteroatoms. The van der Waals surface area contributed by atoms with E-state index < -0.39 is 0 Å². The first kappa shape index (κ1) is 15.3. The van der Waals surface area contributed by atoms with Crippen molar-refractivity contribution in [1.82, 2.24) is 4.90 Å². The van der Waals surface area contributed by atoms with Gasteiger partial charge in [0.15, 0.2) is 0 Å². The van der Waals surface area contributed by atoms with Gasteiger partial charge in [-0.3, -0.25) is 4.90 Å². The minimum absolute atomic E-state index is 0.105. The molecule has 1 aliphatic rings. The Morgan fingerprint density at radius 3 is 2.55 bits per heavy atom. The van der Waals surface area contributed by atoms with Gasteiger partial charge in [0.05, 0.1) is 13.2 Å². The van der Waals surface area contributed by atoms with Crippen molar-refractivity contribution in [3.05, 3.63) is 29.8 Å². The van der Waals surface area contributed by atoms with E-state index in [1.807, 2.05) is 12.1 Å². The first-order chi connectivity index (χ1) is 9.45. The van der Waals surface area contributed by atoms with Gasteiger partial charge in [0.1, 0.15) is 5.75 Å². The number of hydrogen-bond donors (Lipinski definition) is 1. The van der Waals surface area contributed by atoms with Gasteiger partial charge in [-0.15, -0.1) is 0 Å². The quantitative estimate of drug-likeness (QED) is 0.900. The summed E-state index contributed by atoms with van der Waals surface area (Å²) in [5, 5.41) is 0. The zero-order valence-electron chi connectivity index (χ0n) is 13.2. The molecule has 3 nitrogen and oxygen atoms in total. The highest BCUT2D eigenvalue weighted by molar-refractivity contribution is 5.37. The molecule has 0 amide bonds. The standard InChI is InChI=1S/C17H28N2O/c1-17(2,3)19-12-8-7-10-14(18)16(19)13-9-5-6-11-15(13)20-4/h5-6,9,11,14,16H,7-8,10,12,18H2,1-4H3. The summed E-state index contributed by atoms with van der Waals surface area (Å²) in [5.74, 6) is 0.948. The van der Waals surface area contributed by atoms with Gasteiger partial charge in [0.25, 0.3) is 0 Å². The van der Waals surface area contributed by atoms with Crippen molar-refractivity contribution in [2.45, 2.75) is 57.7 Å². The molecule has 1 aromatic rings. The van der Waals surface area contributed by atoms with E-state index in [1.165, 1.54) is 18.4 Å². The van der Waals surface area contributed by atoms with Crippen LogP contribution in [0.5, 0.6) is 5.75 Å². The summed E-state index contributed by atoms with van der Waals surface area (Å²) in [6.07, 6.45) is 3.51. The van der Waals surface area contributed by atoms with Crippen LogP contribution in [0.2, 0.25) is 0 Å². The Kier molecular flexibility index (Phi) is 4.71. The third kappa shape index (κ3) is 3.15. The van der Waals surface area contributed by atoms with Crippen LogP contribution >= 0.6 is 0 Å². The van der Waals surface area contributed by atoms with Gasteiger partial charge in [-0.1, -0.05) is 24.6 Å². The Hall–Kier alpha value is -1.06. The lowest BCUT2D eigenvalue weighted by Crippen LogP contribution is -2.49. The molecule has 1 saturated heterocycles. The number of rotatable bonds is 2. The Bertz CT molecular complexity index is 439. The van der Waals surface area contributed by atoms with Crippen molar-refractivity contribution in [1.29, 1.82) is 0 Å². The van der Waals surface area contributed by atoms with Crippen molar-refractivity contribution < 1.29 is 4.74 Å². The monoisotopic (exact) mass is 276 g/mol. The van der Waals surface area contributed by atoms with Crippen LogP contribution in [0.3, 0.4) is 0 Å². The number of likely N-dealkylation sites (tertiary alicyclic amines) is 1. The van der Waals surface area contributed by atoms with Crippen molar-refractivity contribution in [3.63, 3.8) is 0 Å². The molecule has 1 fully saturated rings. The fraction of sp³-hybridized carbons (Fsp3) is 0.647. The molecule has 112 valence electrons. The van der Waals surface area contributed by atoms with Gasteiger partial charge < -0.3 is 10.5 Å². The van der Waals surface area contributed by atoms with Gasteiger partial charge in [0.2, 0.25) is 0 Å². The number of nitrogens with zero attached hydrogens (tertiary/aromatic N) is 1. The van der Waals surface area contributed by atoms with E-state index >= 15 is 0 Å².